The van der Waals surface area contributed by atoms with Crippen molar-refractivity contribution in [3.8, 4) is 0 Å². The fourth-order valence-electron chi connectivity index (χ4n) is 4.31. The third-order valence-electron chi connectivity index (χ3n) is 5.96. The number of carbonyl (C=O) groups is 1. The lowest BCUT2D eigenvalue weighted by Gasteiger charge is -2.16. The number of hydrogen-bond donors (Lipinski definition) is 2. The minimum Gasteiger partial charge on any atom is -0.307 e. The highest BCUT2D eigenvalue weighted by Gasteiger charge is 2.38. The molecule has 30 heavy (non-hydrogen) atoms. The quantitative estimate of drug-likeness (QED) is 0.656. The summed E-state index contributed by atoms with van der Waals surface area (Å²) in [5.41, 5.74) is 5.49. The second-order valence-electron chi connectivity index (χ2n) is 8.23. The third kappa shape index (κ3) is 4.40. The van der Waals surface area contributed by atoms with Crippen LogP contribution in [0.1, 0.15) is 47.9 Å². The number of aryl methyl sites for hydroxylation is 2. The van der Waals surface area contributed by atoms with E-state index in [4.69, 9.17) is 0 Å². The Balaban J connectivity index is 1.41. The Kier molecular flexibility index (Phi) is 5.67. The molecule has 164 valence electrons. The van der Waals surface area contributed by atoms with Gasteiger partial charge in [0.1, 0.15) is 0 Å². The molecule has 3 aliphatic rings. The molecule has 2 N–H and O–H groups in total. The first kappa shape index (κ1) is 21.3. The van der Waals surface area contributed by atoms with E-state index in [2.05, 4.69) is 11.4 Å². The molecule has 0 bridgehead atoms. The van der Waals surface area contributed by atoms with Crippen LogP contribution in [0.4, 0.5) is 10.5 Å². The summed E-state index contributed by atoms with van der Waals surface area (Å²) in [6.07, 6.45) is 8.31. The molecule has 0 atom stereocenters. The predicted molar refractivity (Wildman–Crippen MR) is 115 cm³/mol. The molecule has 0 aliphatic heterocycles. The van der Waals surface area contributed by atoms with Crippen LogP contribution in [0, 0.1) is 0 Å². The Labute approximate surface area is 177 Å². The van der Waals surface area contributed by atoms with E-state index in [1.54, 1.807) is 0 Å². The first-order valence-electron chi connectivity index (χ1n) is 10.3. The number of hydrogen-bond acceptors (Lipinski definition) is 5. The molecule has 8 nitrogen and oxygen atoms in total. The molecule has 0 aromatic heterocycles. The molecule has 10 heteroatoms. The summed E-state index contributed by atoms with van der Waals surface area (Å²) < 4.78 is 51.8. The number of amides is 2. The van der Waals surface area contributed by atoms with E-state index < -0.39 is 26.1 Å². The molecule has 0 saturated heterocycles. The van der Waals surface area contributed by atoms with Crippen LogP contribution in [0.3, 0.4) is 0 Å². The van der Waals surface area contributed by atoms with E-state index in [1.165, 1.54) is 24.3 Å². The molecule has 0 spiro atoms. The van der Waals surface area contributed by atoms with Gasteiger partial charge in [0.05, 0.1) is 5.25 Å². The van der Waals surface area contributed by atoms with E-state index in [0.717, 1.165) is 65.1 Å². The third-order valence-corrected chi connectivity index (χ3v) is 9.32. The second kappa shape index (κ2) is 7.97. The van der Waals surface area contributed by atoms with Crippen LogP contribution < -0.4 is 10.0 Å². The normalized spacial score (nSPS) is 18.6. The number of benzene rings is 1. The van der Waals surface area contributed by atoms with E-state index in [9.17, 15) is 21.6 Å². The average molecular weight is 454 g/mol. The van der Waals surface area contributed by atoms with Crippen molar-refractivity contribution in [1.29, 1.82) is 0 Å². The monoisotopic (exact) mass is 453 g/mol. The van der Waals surface area contributed by atoms with Crippen molar-refractivity contribution >= 4 is 31.8 Å². The lowest BCUT2D eigenvalue weighted by Crippen LogP contribution is -2.34. The molecule has 0 heterocycles. The van der Waals surface area contributed by atoms with Crippen molar-refractivity contribution in [3.63, 3.8) is 0 Å². The Bertz CT molecular complexity index is 1070. The summed E-state index contributed by atoms with van der Waals surface area (Å²) in [5.74, 6) is 0. The van der Waals surface area contributed by atoms with Crippen LogP contribution >= 0.6 is 0 Å². The van der Waals surface area contributed by atoms with E-state index in [-0.39, 0.29) is 11.8 Å². The Morgan fingerprint density at radius 2 is 1.67 bits per heavy atom. The van der Waals surface area contributed by atoms with Gasteiger partial charge < -0.3 is 5.32 Å². The Morgan fingerprint density at radius 3 is 2.23 bits per heavy atom. The minimum atomic E-state index is -4.04. The average Bonchev–Trinajstić information content (AvgIpc) is 3.25. The minimum absolute atomic E-state index is 0.0684. The number of nitrogens with zero attached hydrogens (tertiary/aromatic N) is 1. The number of urea groups is 1. The second-order valence-corrected chi connectivity index (χ2v) is 12.1. The van der Waals surface area contributed by atoms with Crippen molar-refractivity contribution in [2.45, 2.75) is 56.6 Å². The SMILES string of the molecule is CN(C/C=C/S(=O)(=O)NC(=O)Nc1c2c(cc3c1CCC3)CCC2)S(=O)(=O)C1CC1. The van der Waals surface area contributed by atoms with Crippen molar-refractivity contribution in [3.05, 3.63) is 39.8 Å². The van der Waals surface area contributed by atoms with Crippen LogP contribution in [0.25, 0.3) is 0 Å². The number of anilines is 1. The molecule has 2 amide bonds. The summed E-state index contributed by atoms with van der Waals surface area (Å²) in [7, 11) is -5.99. The van der Waals surface area contributed by atoms with Crippen LogP contribution in [-0.4, -0.2) is 46.0 Å². The zero-order chi connectivity index (χ0) is 21.5. The number of rotatable bonds is 7. The first-order chi connectivity index (χ1) is 14.2. The van der Waals surface area contributed by atoms with E-state index in [0.29, 0.717) is 12.8 Å². The molecule has 3 aliphatic carbocycles. The van der Waals surface area contributed by atoms with Crippen molar-refractivity contribution in [2.24, 2.45) is 0 Å². The topological polar surface area (TPSA) is 113 Å². The van der Waals surface area contributed by atoms with Gasteiger partial charge in [-0.25, -0.2) is 30.7 Å². The Hall–Kier alpha value is -1.91. The summed E-state index contributed by atoms with van der Waals surface area (Å²) in [6, 6.07) is 1.44. The van der Waals surface area contributed by atoms with Gasteiger partial charge in [-0.3, -0.25) is 0 Å². The Morgan fingerprint density at radius 1 is 1.07 bits per heavy atom. The highest BCUT2D eigenvalue weighted by molar-refractivity contribution is 7.93. The van der Waals surface area contributed by atoms with E-state index >= 15 is 0 Å². The zero-order valence-electron chi connectivity index (χ0n) is 17.0. The fourth-order valence-corrected chi connectivity index (χ4v) is 6.56. The molecule has 1 saturated carbocycles. The molecule has 1 fully saturated rings. The summed E-state index contributed by atoms with van der Waals surface area (Å²) >= 11 is 0. The smallest absolute Gasteiger partial charge is 0.307 e. The van der Waals surface area contributed by atoms with Crippen LogP contribution in [0.15, 0.2) is 17.6 Å². The van der Waals surface area contributed by atoms with Gasteiger partial charge in [0, 0.05) is 24.7 Å². The molecule has 0 radical (unpaired) electrons. The first-order valence-corrected chi connectivity index (χ1v) is 13.3. The van der Waals surface area contributed by atoms with Gasteiger partial charge >= 0.3 is 6.03 Å². The maximum absolute atomic E-state index is 12.4. The van der Waals surface area contributed by atoms with Crippen molar-refractivity contribution in [2.75, 3.05) is 18.9 Å². The highest BCUT2D eigenvalue weighted by atomic mass is 32.2. The standard InChI is InChI=1S/C20H27N3O5S2/c1-23(30(27,28)16-9-10-16)11-4-12-29(25,26)22-20(24)21-19-17-7-2-5-14(17)13-15-6-3-8-18(15)19/h4,12-13,16H,2-3,5-11H2,1H3,(H2,21,22,24)/b12-4+. The largest absolute Gasteiger partial charge is 0.333 e. The highest BCUT2D eigenvalue weighted by Crippen LogP contribution is 2.38. The van der Waals surface area contributed by atoms with Crippen LogP contribution in [-0.2, 0) is 45.7 Å². The predicted octanol–water partition coefficient (Wildman–Crippen LogP) is 2.05. The van der Waals surface area contributed by atoms with Gasteiger partial charge in [0.15, 0.2) is 0 Å². The van der Waals surface area contributed by atoms with Crippen LogP contribution in [0.5, 0.6) is 0 Å². The fraction of sp³-hybridized carbons (Fsp3) is 0.550. The lowest BCUT2D eigenvalue weighted by molar-refractivity contribution is 0.256. The summed E-state index contributed by atoms with van der Waals surface area (Å²) in [4.78, 5) is 12.4. The van der Waals surface area contributed by atoms with E-state index in [1.807, 2.05) is 4.72 Å². The number of sulfonamides is 2. The number of nitrogens with one attached hydrogen (secondary N) is 2. The zero-order valence-corrected chi connectivity index (χ0v) is 18.6. The van der Waals surface area contributed by atoms with Gasteiger partial charge in [-0.15, -0.1) is 0 Å². The van der Waals surface area contributed by atoms with Crippen LogP contribution in [0.2, 0.25) is 0 Å². The van der Waals surface area contributed by atoms with Gasteiger partial charge in [0.25, 0.3) is 10.0 Å². The molecular formula is C20H27N3O5S2. The molecule has 1 aromatic rings. The number of likely N-dealkylation sites (N-methyl/N-ethyl adjacent to an activating group) is 1. The molecule has 0 unspecified atom stereocenters. The van der Waals surface area contributed by atoms with Crippen molar-refractivity contribution in [1.82, 2.24) is 9.03 Å². The van der Waals surface area contributed by atoms with Gasteiger partial charge in [0.2, 0.25) is 10.0 Å². The van der Waals surface area contributed by atoms with Gasteiger partial charge in [-0.05, 0) is 73.6 Å². The van der Waals surface area contributed by atoms with Gasteiger partial charge in [-0.1, -0.05) is 12.1 Å². The number of carbonyl (C=O) groups excluding carboxylic acids is 1. The number of fused-ring (bicyclic) bond motifs is 2. The molecule has 1 aromatic carbocycles. The lowest BCUT2D eigenvalue weighted by atomic mass is 9.99. The molecular weight excluding hydrogens is 426 g/mol. The van der Waals surface area contributed by atoms with Crippen molar-refractivity contribution < 1.29 is 21.6 Å². The van der Waals surface area contributed by atoms with Gasteiger partial charge in [-0.2, -0.15) is 0 Å². The summed E-state index contributed by atoms with van der Waals surface area (Å²) in [5, 5.41) is 3.26. The summed E-state index contributed by atoms with van der Waals surface area (Å²) in [6.45, 7) is -0.0684. The maximum Gasteiger partial charge on any atom is 0.333 e. The maximum atomic E-state index is 12.4. The molecule has 4 rings (SSSR count).